The van der Waals surface area contributed by atoms with Gasteiger partial charge >= 0.3 is 27.7 Å². The van der Waals surface area contributed by atoms with Crippen LogP contribution in [-0.2, 0) is 18.2 Å². The first-order valence-corrected chi connectivity index (χ1v) is 19.0. The summed E-state index contributed by atoms with van der Waals surface area (Å²) in [5.74, 6) is -0.626. The number of benzene rings is 3. The van der Waals surface area contributed by atoms with E-state index in [0.29, 0.717) is 21.5 Å². The molecule has 226 valence electrons. The standard InChI is InChI=1S/C30H28N4O4P2.CH3.ClH.Pd/c1-17-31-27(35)21-11-5-6-12-22(21)28(36)32(31)18(2)39(17)25-15-9-10-16-26(25)40-19(3)33-29(37)23-13-7-8-14-24(23)30(38)34(33)20(40)4;;;/h5-20H,1-4H3;1H3;1H;/q;-1;;+2/p+1/t17-,18?,19-,20?,39?,40?;;;/m0.../s1. The average Bonchev–Trinajstić information content (AvgIpc) is 3.44. The molecule has 0 saturated heterocycles. The third kappa shape index (κ3) is 4.51. The summed E-state index contributed by atoms with van der Waals surface area (Å²) in [4.78, 5) is 54.6. The van der Waals surface area contributed by atoms with Gasteiger partial charge < -0.3 is 7.43 Å². The number of fused-ring (bicyclic) bond motifs is 4. The second-order valence-corrected chi connectivity index (χ2v) is 17.1. The third-order valence-electron chi connectivity index (χ3n) is 8.89. The van der Waals surface area contributed by atoms with Crippen molar-refractivity contribution in [2.24, 2.45) is 0 Å². The molecule has 0 radical (unpaired) electrons. The predicted molar refractivity (Wildman–Crippen MR) is 178 cm³/mol. The number of nitrogens with zero attached hydrogens (tertiary/aromatic N) is 4. The molecule has 2 aliphatic rings. The fourth-order valence-electron chi connectivity index (χ4n) is 7.16. The van der Waals surface area contributed by atoms with Crippen LogP contribution in [0.2, 0.25) is 0 Å². The first-order valence-electron chi connectivity index (χ1n) is 13.7. The van der Waals surface area contributed by atoms with Gasteiger partial charge in [-0.25, -0.2) is 18.7 Å². The zero-order valence-corrected chi connectivity index (χ0v) is 28.7. The van der Waals surface area contributed by atoms with Crippen LogP contribution in [0, 0.1) is 7.43 Å². The van der Waals surface area contributed by atoms with E-state index in [2.05, 4.69) is 67.5 Å². The van der Waals surface area contributed by atoms with E-state index in [1.54, 1.807) is 67.3 Å². The van der Waals surface area contributed by atoms with Crippen molar-refractivity contribution in [1.29, 1.82) is 0 Å². The summed E-state index contributed by atoms with van der Waals surface area (Å²) < 4.78 is 6.71. The quantitative estimate of drug-likeness (QED) is 0.146. The molecule has 2 aromatic heterocycles. The summed E-state index contributed by atoms with van der Waals surface area (Å²) in [7, 11) is 1.48. The Morgan fingerprint density at radius 2 is 0.698 bits per heavy atom. The summed E-state index contributed by atoms with van der Waals surface area (Å²) in [5.41, 5.74) is -0.553. The van der Waals surface area contributed by atoms with Crippen LogP contribution in [0.1, 0.15) is 50.8 Å². The molecule has 8 nitrogen and oxygen atoms in total. The van der Waals surface area contributed by atoms with Crippen molar-refractivity contribution in [3.8, 4) is 0 Å². The van der Waals surface area contributed by atoms with Gasteiger partial charge in [0.05, 0.1) is 37.4 Å². The molecule has 0 N–H and O–H groups in total. The molecule has 0 spiro atoms. The summed E-state index contributed by atoms with van der Waals surface area (Å²) in [6.45, 7) is 8.21. The SMILES string of the molecule is CC1n2c(=O)c3ccccc3c(=O)n2[C@H](C)[PH+]1c1ccccc1[PH+]1C(C)n2c(=O)c3ccccc3c(=O)n2[C@@H]1C.[CH3-].[Cl][Pd+]. The van der Waals surface area contributed by atoms with E-state index >= 15 is 0 Å². The number of hydrogen-bond donors (Lipinski definition) is 0. The van der Waals surface area contributed by atoms with Crippen molar-refractivity contribution in [2.45, 2.75) is 50.8 Å². The zero-order chi connectivity index (χ0) is 30.0. The Kier molecular flexibility index (Phi) is 8.89. The van der Waals surface area contributed by atoms with Gasteiger partial charge in [-0.15, -0.1) is 0 Å². The van der Waals surface area contributed by atoms with Crippen molar-refractivity contribution in [3.05, 3.63) is 122 Å². The molecule has 0 bridgehead atoms. The van der Waals surface area contributed by atoms with E-state index in [1.807, 2.05) is 12.1 Å². The fraction of sp³-hybridized carbons (Fsp3) is 0.258. The van der Waals surface area contributed by atoms with Crippen LogP contribution in [-0.4, -0.2) is 18.7 Å². The first kappa shape index (κ1) is 31.8. The van der Waals surface area contributed by atoms with Gasteiger partial charge in [-0.05, 0) is 64.1 Å². The van der Waals surface area contributed by atoms with Crippen LogP contribution in [0.25, 0.3) is 21.5 Å². The van der Waals surface area contributed by atoms with E-state index in [9.17, 15) is 19.2 Å². The maximum absolute atomic E-state index is 13.6. The molecule has 6 atom stereocenters. The van der Waals surface area contributed by atoms with Gasteiger partial charge in [0.2, 0.25) is 0 Å². The third-order valence-corrected chi connectivity index (χ3v) is 15.8. The predicted octanol–water partition coefficient (Wildman–Crippen LogP) is 4.96. The minimum atomic E-state index is -1.50. The van der Waals surface area contributed by atoms with Crippen LogP contribution in [0.15, 0.2) is 92.0 Å². The summed E-state index contributed by atoms with van der Waals surface area (Å²) in [6, 6.07) is 22.4. The minimum absolute atomic E-state index is 0. The normalized spacial score (nSPS) is 23.8. The molecule has 2 aliphatic heterocycles. The summed E-state index contributed by atoms with van der Waals surface area (Å²) in [6.07, 6.45) is 0. The van der Waals surface area contributed by atoms with Crippen molar-refractivity contribution in [2.75, 3.05) is 0 Å². The van der Waals surface area contributed by atoms with E-state index in [-0.39, 0.29) is 52.8 Å². The topological polar surface area (TPSA) is 88.0 Å². The molecule has 0 fully saturated rings. The molecule has 0 saturated carbocycles. The number of rotatable bonds is 2. The van der Waals surface area contributed by atoms with Crippen LogP contribution in [0.5, 0.6) is 0 Å². The van der Waals surface area contributed by atoms with Crippen LogP contribution >= 0.6 is 25.4 Å². The summed E-state index contributed by atoms with van der Waals surface area (Å²) in [5, 5.41) is 4.15. The molecule has 0 aliphatic carbocycles. The Morgan fingerprint density at radius 3 is 0.930 bits per heavy atom. The van der Waals surface area contributed by atoms with Gasteiger partial charge in [-0.2, -0.15) is 0 Å². The molecule has 3 aromatic carbocycles. The fourth-order valence-corrected chi connectivity index (χ4v) is 14.6. The molecular weight excluding hydrogens is 696 g/mol. The average molecular weight is 729 g/mol. The van der Waals surface area contributed by atoms with Crippen LogP contribution < -0.4 is 32.8 Å². The zero-order valence-electron chi connectivity index (χ0n) is 24.4. The van der Waals surface area contributed by atoms with Crippen molar-refractivity contribution >= 4 is 57.5 Å². The van der Waals surface area contributed by atoms with Gasteiger partial charge in [-0.1, -0.05) is 36.4 Å². The summed E-state index contributed by atoms with van der Waals surface area (Å²) >= 11 is 2.22. The maximum atomic E-state index is 13.6. The Balaban J connectivity index is 0.00000120. The molecule has 7 rings (SSSR count). The van der Waals surface area contributed by atoms with Crippen molar-refractivity contribution < 1.29 is 18.2 Å². The van der Waals surface area contributed by atoms with E-state index < -0.39 is 15.8 Å². The molecule has 4 unspecified atom stereocenters. The van der Waals surface area contributed by atoms with Crippen molar-refractivity contribution in [3.63, 3.8) is 0 Å². The molecule has 0 amide bonds. The Labute approximate surface area is 265 Å². The molecular formula is C31H33ClN4O4P2Pd+2. The molecule has 12 heteroatoms. The van der Waals surface area contributed by atoms with E-state index in [0.717, 1.165) is 0 Å². The Bertz CT molecular complexity index is 1850. The number of aromatic nitrogens is 4. The van der Waals surface area contributed by atoms with Gasteiger partial charge in [-0.3, -0.25) is 19.2 Å². The second-order valence-electron chi connectivity index (χ2n) is 10.9. The van der Waals surface area contributed by atoms with Gasteiger partial charge in [0, 0.05) is 0 Å². The number of hydrogen-bond acceptors (Lipinski definition) is 4. The van der Waals surface area contributed by atoms with Gasteiger partial charge in [0.25, 0.3) is 22.2 Å². The van der Waals surface area contributed by atoms with E-state index in [1.165, 1.54) is 10.6 Å². The Hall–Kier alpha value is -2.65. The molecule has 43 heavy (non-hydrogen) atoms. The van der Waals surface area contributed by atoms with Gasteiger partial charge in [0.15, 0.2) is 23.1 Å². The van der Waals surface area contributed by atoms with Gasteiger partial charge in [0.1, 0.15) is 10.6 Å². The Morgan fingerprint density at radius 1 is 0.488 bits per heavy atom. The van der Waals surface area contributed by atoms with Crippen molar-refractivity contribution in [1.82, 2.24) is 18.7 Å². The van der Waals surface area contributed by atoms with Crippen LogP contribution in [0.3, 0.4) is 0 Å². The van der Waals surface area contributed by atoms with E-state index in [4.69, 9.17) is 0 Å². The molecule has 4 heterocycles. The second kappa shape index (κ2) is 12.0. The molecule has 5 aromatic rings. The monoisotopic (exact) mass is 728 g/mol. The van der Waals surface area contributed by atoms with Crippen LogP contribution in [0.4, 0.5) is 0 Å². The number of halogens is 1. The first-order chi connectivity index (χ1) is 20.2.